The van der Waals surface area contributed by atoms with Crippen molar-refractivity contribution in [3.05, 3.63) is 34.6 Å². The molecule has 0 saturated carbocycles. The van der Waals surface area contributed by atoms with Crippen LogP contribution in [0.1, 0.15) is 23.2 Å². The van der Waals surface area contributed by atoms with Gasteiger partial charge in [0, 0.05) is 18.0 Å². The van der Waals surface area contributed by atoms with Crippen molar-refractivity contribution in [1.29, 1.82) is 0 Å². The summed E-state index contributed by atoms with van der Waals surface area (Å²) in [6.07, 6.45) is 1.54. The minimum Gasteiger partial charge on any atom is -0.346 e. The molecule has 0 aromatic heterocycles. The molecule has 2 fully saturated rings. The molecule has 2 heterocycles. The second kappa shape index (κ2) is 5.31. The fraction of sp³-hybridized carbons (Fsp3) is 0.500. The molecule has 2 aliphatic heterocycles. The van der Waals surface area contributed by atoms with E-state index < -0.39 is 11.6 Å². The lowest BCUT2D eigenvalue weighted by molar-refractivity contribution is -0.183. The van der Waals surface area contributed by atoms with Crippen LogP contribution in [0.5, 0.6) is 0 Å². The molecule has 6 heteroatoms. The van der Waals surface area contributed by atoms with Crippen LogP contribution in [0.25, 0.3) is 0 Å². The summed E-state index contributed by atoms with van der Waals surface area (Å²) in [5.41, 5.74) is 0.0319. The first-order chi connectivity index (χ1) is 9.60. The number of piperidine rings is 1. The van der Waals surface area contributed by atoms with Crippen molar-refractivity contribution in [3.8, 4) is 0 Å². The molecule has 108 valence electrons. The van der Waals surface area contributed by atoms with Gasteiger partial charge in [-0.1, -0.05) is 11.6 Å². The number of halogens is 2. The lowest BCUT2D eigenvalue weighted by Gasteiger charge is -2.38. The second-order valence-electron chi connectivity index (χ2n) is 5.06. The molecule has 0 unspecified atom stereocenters. The van der Waals surface area contributed by atoms with E-state index in [2.05, 4.69) is 0 Å². The Morgan fingerprint density at radius 2 is 2.10 bits per heavy atom. The molecular weight excluding hydrogens is 285 g/mol. The minimum atomic E-state index is -0.698. The number of amides is 1. The smallest absolute Gasteiger partial charge is 0.257 e. The molecule has 4 nitrogen and oxygen atoms in total. The van der Waals surface area contributed by atoms with Crippen molar-refractivity contribution in [2.45, 2.75) is 18.6 Å². The van der Waals surface area contributed by atoms with Crippen LogP contribution in [0.4, 0.5) is 4.39 Å². The van der Waals surface area contributed by atoms with Crippen LogP contribution in [-0.4, -0.2) is 42.9 Å². The van der Waals surface area contributed by atoms with Gasteiger partial charge in [0.25, 0.3) is 5.91 Å². The lowest BCUT2D eigenvalue weighted by atomic mass is 10.0. The van der Waals surface area contributed by atoms with Crippen molar-refractivity contribution in [3.63, 3.8) is 0 Å². The molecule has 0 bridgehead atoms. The van der Waals surface area contributed by atoms with Crippen LogP contribution < -0.4 is 0 Å². The maximum absolute atomic E-state index is 13.8. The summed E-state index contributed by atoms with van der Waals surface area (Å²) in [4.78, 5) is 14.0. The van der Waals surface area contributed by atoms with Crippen LogP contribution in [0.3, 0.4) is 0 Å². The molecule has 1 aromatic carbocycles. The molecule has 1 aromatic rings. The summed E-state index contributed by atoms with van der Waals surface area (Å²) >= 11 is 5.70. The number of benzene rings is 1. The first-order valence-electron chi connectivity index (χ1n) is 6.62. The van der Waals surface area contributed by atoms with E-state index in [1.165, 1.54) is 12.1 Å². The highest BCUT2D eigenvalue weighted by atomic mass is 35.5. The molecule has 0 aliphatic carbocycles. The SMILES string of the molecule is O=C(c1ccc(Cl)cc1F)N1CCCC2(C1)OCCO2. The largest absolute Gasteiger partial charge is 0.346 e. The van der Waals surface area contributed by atoms with E-state index in [-0.39, 0.29) is 16.5 Å². The van der Waals surface area contributed by atoms with E-state index in [0.717, 1.165) is 18.9 Å². The van der Waals surface area contributed by atoms with Crippen molar-refractivity contribution < 1.29 is 18.7 Å². The highest BCUT2D eigenvalue weighted by Crippen LogP contribution is 2.31. The fourth-order valence-corrected chi connectivity index (χ4v) is 2.89. The van der Waals surface area contributed by atoms with E-state index in [1.54, 1.807) is 4.90 Å². The average Bonchev–Trinajstić information content (AvgIpc) is 2.86. The number of rotatable bonds is 1. The Balaban J connectivity index is 1.79. The van der Waals surface area contributed by atoms with Crippen LogP contribution >= 0.6 is 11.6 Å². The quantitative estimate of drug-likeness (QED) is 0.799. The van der Waals surface area contributed by atoms with Gasteiger partial charge in [-0.05, 0) is 24.6 Å². The van der Waals surface area contributed by atoms with Crippen LogP contribution in [0, 0.1) is 5.82 Å². The Labute approximate surface area is 121 Å². The Morgan fingerprint density at radius 3 is 2.80 bits per heavy atom. The molecule has 1 amide bonds. The molecular formula is C14H15ClFNO3. The number of carbonyl (C=O) groups is 1. The molecule has 3 rings (SSSR count). The third-order valence-electron chi connectivity index (χ3n) is 3.68. The lowest BCUT2D eigenvalue weighted by Crippen LogP contribution is -2.51. The third-order valence-corrected chi connectivity index (χ3v) is 3.91. The zero-order valence-electron chi connectivity index (χ0n) is 10.9. The number of nitrogens with zero attached hydrogens (tertiary/aromatic N) is 1. The van der Waals surface area contributed by atoms with Gasteiger partial charge in [-0.3, -0.25) is 4.79 Å². The summed E-state index contributed by atoms with van der Waals surface area (Å²) in [5, 5.41) is 0.275. The van der Waals surface area contributed by atoms with Gasteiger partial charge in [0.2, 0.25) is 0 Å². The summed E-state index contributed by atoms with van der Waals surface area (Å²) in [6, 6.07) is 4.08. The van der Waals surface area contributed by atoms with Gasteiger partial charge < -0.3 is 14.4 Å². The average molecular weight is 300 g/mol. The van der Waals surface area contributed by atoms with Gasteiger partial charge in [-0.25, -0.2) is 4.39 Å². The van der Waals surface area contributed by atoms with Gasteiger partial charge in [0.1, 0.15) is 5.82 Å². The van der Waals surface area contributed by atoms with Crippen LogP contribution in [-0.2, 0) is 9.47 Å². The number of hydrogen-bond donors (Lipinski definition) is 0. The summed E-state index contributed by atoms with van der Waals surface area (Å²) in [5.74, 6) is -1.65. The van der Waals surface area contributed by atoms with E-state index in [0.29, 0.717) is 26.3 Å². The van der Waals surface area contributed by atoms with Crippen molar-refractivity contribution in [1.82, 2.24) is 4.90 Å². The number of ether oxygens (including phenoxy) is 2. The highest BCUT2D eigenvalue weighted by Gasteiger charge is 2.42. The van der Waals surface area contributed by atoms with Gasteiger partial charge in [-0.2, -0.15) is 0 Å². The van der Waals surface area contributed by atoms with Crippen LogP contribution in [0.15, 0.2) is 18.2 Å². The Kier molecular flexibility index (Phi) is 3.67. The molecule has 2 aliphatic rings. The van der Waals surface area contributed by atoms with Crippen molar-refractivity contribution in [2.24, 2.45) is 0 Å². The van der Waals surface area contributed by atoms with Gasteiger partial charge >= 0.3 is 0 Å². The van der Waals surface area contributed by atoms with E-state index in [4.69, 9.17) is 21.1 Å². The summed E-state index contributed by atoms with van der Waals surface area (Å²) in [6.45, 7) is 2.00. The van der Waals surface area contributed by atoms with E-state index in [1.807, 2.05) is 0 Å². The molecule has 20 heavy (non-hydrogen) atoms. The number of likely N-dealkylation sites (tertiary alicyclic amines) is 1. The van der Waals surface area contributed by atoms with E-state index in [9.17, 15) is 9.18 Å². The third kappa shape index (κ3) is 2.53. The highest BCUT2D eigenvalue weighted by molar-refractivity contribution is 6.30. The summed E-state index contributed by atoms with van der Waals surface area (Å²) in [7, 11) is 0. The van der Waals surface area contributed by atoms with Gasteiger partial charge in [0.05, 0.1) is 25.3 Å². The predicted molar refractivity (Wildman–Crippen MR) is 71.2 cm³/mol. The van der Waals surface area contributed by atoms with Crippen LogP contribution in [0.2, 0.25) is 5.02 Å². The Morgan fingerprint density at radius 1 is 1.35 bits per heavy atom. The molecule has 1 spiro atoms. The fourth-order valence-electron chi connectivity index (χ4n) is 2.73. The maximum Gasteiger partial charge on any atom is 0.257 e. The number of hydrogen-bond acceptors (Lipinski definition) is 3. The Bertz CT molecular complexity index is 531. The first-order valence-corrected chi connectivity index (χ1v) is 7.00. The molecule has 0 N–H and O–H groups in total. The second-order valence-corrected chi connectivity index (χ2v) is 5.50. The molecule has 0 atom stereocenters. The Hall–Kier alpha value is -1.17. The topological polar surface area (TPSA) is 38.8 Å². The zero-order chi connectivity index (χ0) is 14.2. The standard InChI is InChI=1S/C14H15ClFNO3/c15-10-2-3-11(12(16)8-10)13(18)17-5-1-4-14(9-17)19-6-7-20-14/h2-3,8H,1,4-7,9H2. The number of carbonyl (C=O) groups excluding carboxylic acids is 1. The van der Waals surface area contributed by atoms with Gasteiger partial charge in [-0.15, -0.1) is 0 Å². The van der Waals surface area contributed by atoms with Crippen molar-refractivity contribution in [2.75, 3.05) is 26.3 Å². The minimum absolute atomic E-state index is 0.0319. The molecule has 0 radical (unpaired) electrons. The first kappa shape index (κ1) is 13.8. The maximum atomic E-state index is 13.8. The van der Waals surface area contributed by atoms with Gasteiger partial charge in [0.15, 0.2) is 5.79 Å². The van der Waals surface area contributed by atoms with E-state index >= 15 is 0 Å². The molecule has 2 saturated heterocycles. The van der Waals surface area contributed by atoms with Crippen molar-refractivity contribution >= 4 is 17.5 Å². The zero-order valence-corrected chi connectivity index (χ0v) is 11.7. The normalized spacial score (nSPS) is 21.4. The summed E-state index contributed by atoms with van der Waals surface area (Å²) < 4.78 is 25.1. The monoisotopic (exact) mass is 299 g/mol. The predicted octanol–water partition coefficient (Wildman–Crippen LogP) is 2.46.